The molecule has 1 aliphatic carbocycles. The second kappa shape index (κ2) is 9.43. The quantitative estimate of drug-likeness (QED) is 0.649. The molecule has 118 valence electrons. The molecule has 1 fully saturated rings. The first kappa shape index (κ1) is 16.8. The van der Waals surface area contributed by atoms with E-state index < -0.39 is 0 Å². The van der Waals surface area contributed by atoms with Gasteiger partial charge in [-0.15, -0.1) is 0 Å². The summed E-state index contributed by atoms with van der Waals surface area (Å²) in [6, 6.07) is 10.9. The van der Waals surface area contributed by atoms with Gasteiger partial charge in [0.1, 0.15) is 0 Å². The van der Waals surface area contributed by atoms with Gasteiger partial charge in [0.05, 0.1) is 18.8 Å². The third-order valence-corrected chi connectivity index (χ3v) is 4.49. The molecule has 0 bridgehead atoms. The van der Waals surface area contributed by atoms with Crippen LogP contribution in [0.15, 0.2) is 36.4 Å². The van der Waals surface area contributed by atoms with Crippen molar-refractivity contribution in [1.29, 1.82) is 5.26 Å². The molecule has 0 amide bonds. The predicted molar refractivity (Wildman–Crippen MR) is 90.3 cm³/mol. The van der Waals surface area contributed by atoms with Crippen LogP contribution in [-0.4, -0.2) is 6.10 Å². The van der Waals surface area contributed by atoms with E-state index in [4.69, 9.17) is 10.00 Å². The van der Waals surface area contributed by atoms with Gasteiger partial charge < -0.3 is 4.74 Å². The van der Waals surface area contributed by atoms with Crippen LogP contribution in [0.2, 0.25) is 0 Å². The van der Waals surface area contributed by atoms with Gasteiger partial charge in [-0.25, -0.2) is 0 Å². The maximum Gasteiger partial charge on any atom is 0.0908 e. The Balaban J connectivity index is 1.70. The number of nitrogens with zero attached hydrogens (tertiary/aromatic N) is 1. The molecule has 0 saturated heterocycles. The number of hydrogen-bond donors (Lipinski definition) is 0. The Morgan fingerprint density at radius 1 is 1.14 bits per heavy atom. The second-order valence-electron chi connectivity index (χ2n) is 6.26. The molecular weight excluding hydrogens is 270 g/mol. The zero-order valence-electron chi connectivity index (χ0n) is 13.6. The number of ether oxygens (including phenoxy) is 1. The molecule has 2 nitrogen and oxygen atoms in total. The highest BCUT2D eigenvalue weighted by Gasteiger charge is 2.19. The Hall–Kier alpha value is -1.59. The van der Waals surface area contributed by atoms with E-state index in [2.05, 4.69) is 37.3 Å². The van der Waals surface area contributed by atoms with Gasteiger partial charge in [0.15, 0.2) is 0 Å². The lowest BCUT2D eigenvalue weighted by atomic mass is 9.87. The number of allylic oxidation sites excluding steroid dienone is 2. The minimum Gasteiger partial charge on any atom is -0.374 e. The number of unbranched alkanes of at least 4 members (excludes halogenated alkanes) is 1. The highest BCUT2D eigenvalue weighted by molar-refractivity contribution is 5.22. The third-order valence-electron chi connectivity index (χ3n) is 4.49. The fourth-order valence-corrected chi connectivity index (χ4v) is 3.02. The topological polar surface area (TPSA) is 33.0 Å². The molecule has 22 heavy (non-hydrogen) atoms. The zero-order chi connectivity index (χ0) is 15.6. The van der Waals surface area contributed by atoms with Crippen molar-refractivity contribution in [1.82, 2.24) is 0 Å². The van der Waals surface area contributed by atoms with Crippen molar-refractivity contribution >= 4 is 0 Å². The van der Waals surface area contributed by atoms with Crippen LogP contribution in [0.5, 0.6) is 0 Å². The highest BCUT2D eigenvalue weighted by atomic mass is 16.5. The van der Waals surface area contributed by atoms with Gasteiger partial charge in [-0.2, -0.15) is 5.26 Å². The molecule has 0 atom stereocenters. The summed E-state index contributed by atoms with van der Waals surface area (Å²) in [5.74, 6) is 0.567. The summed E-state index contributed by atoms with van der Waals surface area (Å²) in [5, 5.41) is 8.56. The molecule has 0 unspecified atom stereocenters. The monoisotopic (exact) mass is 297 g/mol. The lowest BCUT2D eigenvalue weighted by Gasteiger charge is -2.26. The van der Waals surface area contributed by atoms with Gasteiger partial charge in [-0.1, -0.05) is 43.7 Å². The Labute approximate surface area is 134 Å². The van der Waals surface area contributed by atoms with Crippen LogP contribution in [0.3, 0.4) is 0 Å². The van der Waals surface area contributed by atoms with Gasteiger partial charge in [-0.05, 0) is 55.6 Å². The summed E-state index contributed by atoms with van der Waals surface area (Å²) in [6.45, 7) is 2.95. The van der Waals surface area contributed by atoms with Crippen LogP contribution in [0.4, 0.5) is 0 Å². The average Bonchev–Trinajstić information content (AvgIpc) is 2.58. The van der Waals surface area contributed by atoms with Crippen molar-refractivity contribution < 1.29 is 4.74 Å². The molecule has 0 heterocycles. The first-order valence-electron chi connectivity index (χ1n) is 8.57. The smallest absolute Gasteiger partial charge is 0.0908 e. The molecule has 0 aromatic heterocycles. The third kappa shape index (κ3) is 5.66. The van der Waals surface area contributed by atoms with Crippen molar-refractivity contribution in [2.24, 2.45) is 5.92 Å². The van der Waals surface area contributed by atoms with Crippen molar-refractivity contribution in [3.8, 4) is 6.07 Å². The SMILES string of the molecule is CCCCc1ccc(CO[C@H]2CC[C@H](C=CC#N)CC2)cc1. The summed E-state index contributed by atoms with van der Waals surface area (Å²) in [6.07, 6.45) is 12.2. The first-order chi connectivity index (χ1) is 10.8. The fraction of sp³-hybridized carbons (Fsp3) is 0.550. The average molecular weight is 297 g/mol. The Morgan fingerprint density at radius 3 is 2.45 bits per heavy atom. The molecule has 1 aromatic rings. The maximum atomic E-state index is 8.56. The Morgan fingerprint density at radius 2 is 1.82 bits per heavy atom. The summed E-state index contributed by atoms with van der Waals surface area (Å²) in [7, 11) is 0. The minimum absolute atomic E-state index is 0.381. The summed E-state index contributed by atoms with van der Waals surface area (Å²) < 4.78 is 6.05. The van der Waals surface area contributed by atoms with E-state index in [9.17, 15) is 0 Å². The van der Waals surface area contributed by atoms with Gasteiger partial charge in [0.2, 0.25) is 0 Å². The number of hydrogen-bond acceptors (Lipinski definition) is 2. The van der Waals surface area contributed by atoms with Crippen LogP contribution in [0, 0.1) is 17.2 Å². The fourth-order valence-electron chi connectivity index (χ4n) is 3.02. The van der Waals surface area contributed by atoms with Crippen LogP contribution in [-0.2, 0) is 17.8 Å². The molecule has 0 aliphatic heterocycles. The molecule has 1 aromatic carbocycles. The van der Waals surface area contributed by atoms with Crippen molar-refractivity contribution in [2.45, 2.75) is 64.6 Å². The zero-order valence-corrected chi connectivity index (χ0v) is 13.6. The Bertz CT molecular complexity index is 489. The van der Waals surface area contributed by atoms with Gasteiger partial charge >= 0.3 is 0 Å². The van der Waals surface area contributed by atoms with Crippen LogP contribution < -0.4 is 0 Å². The molecule has 0 spiro atoms. The number of nitriles is 1. The molecule has 0 radical (unpaired) electrons. The predicted octanol–water partition coefficient (Wildman–Crippen LogP) is 5.18. The number of aryl methyl sites for hydroxylation is 1. The van der Waals surface area contributed by atoms with E-state index >= 15 is 0 Å². The number of rotatable bonds is 7. The first-order valence-corrected chi connectivity index (χ1v) is 8.57. The van der Waals surface area contributed by atoms with Crippen molar-refractivity contribution in [3.05, 3.63) is 47.5 Å². The van der Waals surface area contributed by atoms with E-state index in [1.54, 1.807) is 6.08 Å². The normalized spacial score (nSPS) is 21.8. The number of benzene rings is 1. The molecule has 0 N–H and O–H groups in total. The van der Waals surface area contributed by atoms with E-state index in [1.165, 1.54) is 30.4 Å². The van der Waals surface area contributed by atoms with Crippen LogP contribution >= 0.6 is 0 Å². The molecule has 2 rings (SSSR count). The van der Waals surface area contributed by atoms with E-state index in [-0.39, 0.29) is 0 Å². The largest absolute Gasteiger partial charge is 0.374 e. The van der Waals surface area contributed by atoms with Gasteiger partial charge in [0.25, 0.3) is 0 Å². The Kier molecular flexibility index (Phi) is 7.19. The van der Waals surface area contributed by atoms with Gasteiger partial charge in [-0.3, -0.25) is 0 Å². The van der Waals surface area contributed by atoms with Crippen LogP contribution in [0.1, 0.15) is 56.6 Å². The molecular formula is C20H27NO. The molecule has 2 heteroatoms. The minimum atomic E-state index is 0.381. The maximum absolute atomic E-state index is 8.56. The molecule has 1 aliphatic rings. The lowest BCUT2D eigenvalue weighted by Crippen LogP contribution is -2.20. The standard InChI is InChI=1S/C20H27NO/c1-2-3-5-17-7-9-19(10-8-17)16-22-20-13-11-18(12-14-20)6-4-15-21/h4,6-10,18,20H,2-3,5,11-14,16H2,1H3/t18-,20-. The van der Waals surface area contributed by atoms with E-state index in [1.807, 2.05) is 6.08 Å². The van der Waals surface area contributed by atoms with E-state index in [0.29, 0.717) is 12.0 Å². The van der Waals surface area contributed by atoms with Crippen LogP contribution in [0.25, 0.3) is 0 Å². The van der Waals surface area contributed by atoms with E-state index in [0.717, 1.165) is 32.3 Å². The summed E-state index contributed by atoms with van der Waals surface area (Å²) in [5.41, 5.74) is 2.70. The van der Waals surface area contributed by atoms with Crippen molar-refractivity contribution in [2.75, 3.05) is 0 Å². The van der Waals surface area contributed by atoms with Crippen molar-refractivity contribution in [3.63, 3.8) is 0 Å². The van der Waals surface area contributed by atoms with Gasteiger partial charge in [0, 0.05) is 6.08 Å². The summed E-state index contributed by atoms with van der Waals surface area (Å²) in [4.78, 5) is 0. The molecule has 1 saturated carbocycles. The lowest BCUT2D eigenvalue weighted by molar-refractivity contribution is 0.0110. The second-order valence-corrected chi connectivity index (χ2v) is 6.26. The highest BCUT2D eigenvalue weighted by Crippen LogP contribution is 2.27. The summed E-state index contributed by atoms with van der Waals surface area (Å²) >= 11 is 0.